The molecule has 0 bridgehead atoms. The number of aromatic nitrogens is 2. The number of ether oxygens (including phenoxy) is 1. The van der Waals surface area contributed by atoms with Crippen molar-refractivity contribution in [3.05, 3.63) is 52.5 Å². The molecule has 0 saturated carbocycles. The minimum Gasteiger partial charge on any atom is -0.479 e. The second-order valence-electron chi connectivity index (χ2n) is 5.33. The van der Waals surface area contributed by atoms with Crippen LogP contribution >= 0.6 is 23.2 Å². The summed E-state index contributed by atoms with van der Waals surface area (Å²) in [5.74, 6) is -0.204. The molecule has 2 N–H and O–H groups in total. The van der Waals surface area contributed by atoms with Crippen molar-refractivity contribution in [3.63, 3.8) is 0 Å². The maximum atomic E-state index is 12.0. The van der Waals surface area contributed by atoms with Gasteiger partial charge in [0.1, 0.15) is 11.4 Å². The fourth-order valence-electron chi connectivity index (χ4n) is 1.97. The van der Waals surface area contributed by atoms with Gasteiger partial charge in [0.25, 0.3) is 11.8 Å². The lowest BCUT2D eigenvalue weighted by atomic mass is 10.3. The first kappa shape index (κ1) is 19.9. The van der Waals surface area contributed by atoms with E-state index in [1.807, 2.05) is 0 Å². The molecule has 0 aliphatic heterocycles. The third-order valence-corrected chi connectivity index (χ3v) is 3.83. The molecule has 0 radical (unpaired) electrons. The quantitative estimate of drug-likeness (QED) is 0.668. The summed E-state index contributed by atoms with van der Waals surface area (Å²) < 4.78 is 5.53. The second-order valence-corrected chi connectivity index (χ2v) is 6.17. The van der Waals surface area contributed by atoms with E-state index in [1.54, 1.807) is 25.1 Å². The van der Waals surface area contributed by atoms with Crippen molar-refractivity contribution in [1.29, 1.82) is 0 Å². The Morgan fingerprint density at radius 1 is 1.19 bits per heavy atom. The van der Waals surface area contributed by atoms with Gasteiger partial charge in [-0.15, -0.1) is 0 Å². The molecule has 7 nitrogen and oxygen atoms in total. The Morgan fingerprint density at radius 3 is 2.65 bits per heavy atom. The SMILES string of the molecule is CC(Oc1ccc(Cl)cc1Cl)C(=O)NCCCNC(=O)c1cnccn1. The van der Waals surface area contributed by atoms with Gasteiger partial charge in [0, 0.05) is 30.5 Å². The Kier molecular flexibility index (Phi) is 7.62. The first-order chi connectivity index (χ1) is 12.5. The largest absolute Gasteiger partial charge is 0.479 e. The normalized spacial score (nSPS) is 11.5. The van der Waals surface area contributed by atoms with Crippen LogP contribution in [-0.2, 0) is 4.79 Å². The van der Waals surface area contributed by atoms with Gasteiger partial charge in [0.15, 0.2) is 6.10 Å². The van der Waals surface area contributed by atoms with Crippen LogP contribution in [0.15, 0.2) is 36.8 Å². The number of benzene rings is 1. The average molecular weight is 397 g/mol. The van der Waals surface area contributed by atoms with Gasteiger partial charge in [-0.3, -0.25) is 14.6 Å². The van der Waals surface area contributed by atoms with E-state index in [4.69, 9.17) is 27.9 Å². The molecule has 1 atom stereocenters. The first-order valence-electron chi connectivity index (χ1n) is 7.91. The van der Waals surface area contributed by atoms with Crippen LogP contribution in [-0.4, -0.2) is 41.0 Å². The van der Waals surface area contributed by atoms with Crippen molar-refractivity contribution in [3.8, 4) is 5.75 Å². The number of carbonyl (C=O) groups is 2. The van der Waals surface area contributed by atoms with Gasteiger partial charge in [-0.2, -0.15) is 0 Å². The number of hydrogen-bond acceptors (Lipinski definition) is 5. The molecule has 0 saturated heterocycles. The van der Waals surface area contributed by atoms with Crippen LogP contribution in [0.4, 0.5) is 0 Å². The van der Waals surface area contributed by atoms with Gasteiger partial charge in [0.05, 0.1) is 11.2 Å². The van der Waals surface area contributed by atoms with Crippen molar-refractivity contribution < 1.29 is 14.3 Å². The summed E-state index contributed by atoms with van der Waals surface area (Å²) >= 11 is 11.8. The molecule has 1 aromatic heterocycles. The summed E-state index contributed by atoms with van der Waals surface area (Å²) in [6.07, 6.45) is 4.17. The van der Waals surface area contributed by atoms with E-state index in [0.717, 1.165) is 0 Å². The average Bonchev–Trinajstić information content (AvgIpc) is 2.64. The van der Waals surface area contributed by atoms with Crippen LogP contribution in [0.1, 0.15) is 23.8 Å². The van der Waals surface area contributed by atoms with E-state index in [1.165, 1.54) is 18.6 Å². The number of amides is 2. The molecular weight excluding hydrogens is 379 g/mol. The van der Waals surface area contributed by atoms with Crippen LogP contribution in [0.2, 0.25) is 10.0 Å². The molecule has 2 amide bonds. The molecule has 138 valence electrons. The number of hydrogen-bond donors (Lipinski definition) is 2. The molecule has 0 fully saturated rings. The molecule has 0 aliphatic carbocycles. The lowest BCUT2D eigenvalue weighted by Crippen LogP contribution is -2.38. The lowest BCUT2D eigenvalue weighted by Gasteiger charge is -2.15. The third kappa shape index (κ3) is 6.16. The summed E-state index contributed by atoms with van der Waals surface area (Å²) in [7, 11) is 0. The van der Waals surface area contributed by atoms with Gasteiger partial charge < -0.3 is 15.4 Å². The standard InChI is InChI=1S/C17H18Cl2N4O3/c1-11(26-15-4-3-12(18)9-13(15)19)16(24)22-5-2-6-23-17(25)14-10-20-7-8-21-14/h3-4,7-11H,2,5-6H2,1H3,(H,22,24)(H,23,25). The van der Waals surface area contributed by atoms with Gasteiger partial charge in [-0.05, 0) is 31.5 Å². The van der Waals surface area contributed by atoms with Crippen molar-refractivity contribution >= 4 is 35.0 Å². The fraction of sp³-hybridized carbons (Fsp3) is 0.294. The highest BCUT2D eigenvalue weighted by molar-refractivity contribution is 6.35. The fourth-order valence-corrected chi connectivity index (χ4v) is 2.42. The summed E-state index contributed by atoms with van der Waals surface area (Å²) in [5.41, 5.74) is 0.249. The van der Waals surface area contributed by atoms with Crippen molar-refractivity contribution in [2.24, 2.45) is 0 Å². The van der Waals surface area contributed by atoms with Gasteiger partial charge in [0.2, 0.25) is 0 Å². The van der Waals surface area contributed by atoms with Gasteiger partial charge in [-0.1, -0.05) is 23.2 Å². The Labute approximate surface area is 161 Å². The maximum absolute atomic E-state index is 12.0. The number of carbonyl (C=O) groups excluding carboxylic acids is 2. The van der Waals surface area contributed by atoms with Crippen LogP contribution in [0, 0.1) is 0 Å². The molecule has 1 aromatic carbocycles. The van der Waals surface area contributed by atoms with E-state index in [9.17, 15) is 9.59 Å². The molecule has 2 rings (SSSR count). The number of rotatable bonds is 8. The van der Waals surface area contributed by atoms with E-state index in [2.05, 4.69) is 20.6 Å². The molecule has 9 heteroatoms. The zero-order chi connectivity index (χ0) is 18.9. The van der Waals surface area contributed by atoms with Crippen LogP contribution in [0.25, 0.3) is 0 Å². The molecular formula is C17H18Cl2N4O3. The monoisotopic (exact) mass is 396 g/mol. The minimum atomic E-state index is -0.720. The summed E-state index contributed by atoms with van der Waals surface area (Å²) in [6.45, 7) is 2.41. The van der Waals surface area contributed by atoms with Crippen LogP contribution < -0.4 is 15.4 Å². The molecule has 0 spiro atoms. The van der Waals surface area contributed by atoms with Crippen LogP contribution in [0.5, 0.6) is 5.75 Å². The number of halogens is 2. The number of nitrogens with one attached hydrogen (secondary N) is 2. The highest BCUT2D eigenvalue weighted by atomic mass is 35.5. The zero-order valence-corrected chi connectivity index (χ0v) is 15.5. The molecule has 2 aromatic rings. The second kappa shape index (κ2) is 9.94. The Morgan fingerprint density at radius 2 is 1.96 bits per heavy atom. The smallest absolute Gasteiger partial charge is 0.271 e. The van der Waals surface area contributed by atoms with E-state index in [-0.39, 0.29) is 17.5 Å². The topological polar surface area (TPSA) is 93.2 Å². The molecule has 0 aliphatic rings. The number of nitrogens with zero attached hydrogens (tertiary/aromatic N) is 2. The van der Waals surface area contributed by atoms with E-state index < -0.39 is 6.10 Å². The first-order valence-corrected chi connectivity index (χ1v) is 8.66. The van der Waals surface area contributed by atoms with Gasteiger partial charge in [-0.25, -0.2) is 4.98 Å². The van der Waals surface area contributed by atoms with Crippen LogP contribution in [0.3, 0.4) is 0 Å². The predicted molar refractivity (Wildman–Crippen MR) is 98.5 cm³/mol. The zero-order valence-electron chi connectivity index (χ0n) is 14.0. The molecule has 26 heavy (non-hydrogen) atoms. The van der Waals surface area contributed by atoms with Crippen molar-refractivity contribution in [2.75, 3.05) is 13.1 Å². The molecule has 1 unspecified atom stereocenters. The van der Waals surface area contributed by atoms with Crippen molar-refractivity contribution in [1.82, 2.24) is 20.6 Å². The van der Waals surface area contributed by atoms with E-state index in [0.29, 0.717) is 35.3 Å². The third-order valence-electron chi connectivity index (χ3n) is 3.30. The highest BCUT2D eigenvalue weighted by Crippen LogP contribution is 2.28. The maximum Gasteiger partial charge on any atom is 0.271 e. The summed E-state index contributed by atoms with van der Waals surface area (Å²) in [5, 5.41) is 6.26. The summed E-state index contributed by atoms with van der Waals surface area (Å²) in [6, 6.07) is 4.78. The highest BCUT2D eigenvalue weighted by Gasteiger charge is 2.15. The van der Waals surface area contributed by atoms with Gasteiger partial charge >= 0.3 is 0 Å². The predicted octanol–water partition coefficient (Wildman–Crippen LogP) is 2.49. The Hall–Kier alpha value is -2.38. The molecule has 1 heterocycles. The minimum absolute atomic E-state index is 0.249. The summed E-state index contributed by atoms with van der Waals surface area (Å²) in [4.78, 5) is 31.5. The Bertz CT molecular complexity index is 759. The van der Waals surface area contributed by atoms with Crippen molar-refractivity contribution in [2.45, 2.75) is 19.4 Å². The Balaban J connectivity index is 1.67. The lowest BCUT2D eigenvalue weighted by molar-refractivity contribution is -0.127. The van der Waals surface area contributed by atoms with E-state index >= 15 is 0 Å².